The topological polar surface area (TPSA) is 79.7 Å². The number of rotatable bonds is 7. The molecule has 2 aromatic heterocycles. The van der Waals surface area contributed by atoms with E-state index in [4.69, 9.17) is 0 Å². The maximum atomic E-state index is 13.6. The molecular weight excluding hydrogens is 436 g/mol. The van der Waals surface area contributed by atoms with Crippen molar-refractivity contribution in [2.24, 2.45) is 0 Å². The number of tetrazole rings is 1. The molecule has 0 aliphatic heterocycles. The third-order valence-electron chi connectivity index (χ3n) is 7.45. The zero-order chi connectivity index (χ0) is 24.4. The summed E-state index contributed by atoms with van der Waals surface area (Å²) in [5.41, 5.74) is 4.90. The first-order valence-electron chi connectivity index (χ1n) is 12.8. The third kappa shape index (κ3) is 4.65. The van der Waals surface area contributed by atoms with E-state index in [9.17, 15) is 4.79 Å². The molecule has 0 spiro atoms. The molecule has 0 amide bonds. The van der Waals surface area contributed by atoms with Crippen LogP contribution in [-0.2, 0) is 6.54 Å². The fourth-order valence-corrected chi connectivity index (χ4v) is 5.46. The normalized spacial score (nSPS) is 15.7. The maximum Gasteiger partial charge on any atom is 0.253 e. The summed E-state index contributed by atoms with van der Waals surface area (Å²) in [7, 11) is 0. The standard InChI is InChI=1S/C28H34N6O/c1-4-33(18-21-11-7-5-8-12-21)26(27-30-31-32-34(27)22-13-9-6-10-14-22)24-17-23-19(2)15-16-20(3)25(23)29-28(24)35/h5,7-8,11-12,15-17,22,26H,4,6,9-10,13-14,18H2,1-3H3,(H,29,35)/t26-/m1/s1. The van der Waals surface area contributed by atoms with E-state index in [0.717, 1.165) is 47.2 Å². The van der Waals surface area contributed by atoms with Gasteiger partial charge in [-0.05, 0) is 66.4 Å². The van der Waals surface area contributed by atoms with Gasteiger partial charge in [-0.25, -0.2) is 4.68 Å². The number of hydrogen-bond donors (Lipinski definition) is 1. The summed E-state index contributed by atoms with van der Waals surface area (Å²) in [6.07, 6.45) is 5.77. The molecule has 182 valence electrons. The molecule has 35 heavy (non-hydrogen) atoms. The Morgan fingerprint density at radius 3 is 2.54 bits per heavy atom. The Morgan fingerprint density at radius 2 is 1.80 bits per heavy atom. The summed E-state index contributed by atoms with van der Waals surface area (Å²) in [6, 6.07) is 16.5. The van der Waals surface area contributed by atoms with Gasteiger partial charge in [-0.15, -0.1) is 5.10 Å². The Bertz CT molecular complexity index is 1350. The van der Waals surface area contributed by atoms with Gasteiger partial charge >= 0.3 is 0 Å². The second-order valence-electron chi connectivity index (χ2n) is 9.77. The number of nitrogens with zero attached hydrogens (tertiary/aromatic N) is 5. The second-order valence-corrected chi connectivity index (χ2v) is 9.77. The summed E-state index contributed by atoms with van der Waals surface area (Å²) in [5.74, 6) is 0.754. The van der Waals surface area contributed by atoms with Crippen molar-refractivity contribution in [2.45, 2.75) is 71.5 Å². The molecule has 0 unspecified atom stereocenters. The number of H-pyrrole nitrogens is 1. The zero-order valence-electron chi connectivity index (χ0n) is 20.9. The van der Waals surface area contributed by atoms with Crippen LogP contribution in [0.25, 0.3) is 10.9 Å². The van der Waals surface area contributed by atoms with E-state index < -0.39 is 0 Å². The van der Waals surface area contributed by atoms with E-state index in [1.54, 1.807) is 0 Å². The summed E-state index contributed by atoms with van der Waals surface area (Å²) >= 11 is 0. The van der Waals surface area contributed by atoms with E-state index in [2.05, 4.69) is 81.7 Å². The van der Waals surface area contributed by atoms with Gasteiger partial charge in [-0.1, -0.05) is 68.7 Å². The molecule has 5 rings (SSSR count). The molecule has 1 fully saturated rings. The van der Waals surface area contributed by atoms with Gasteiger partial charge in [0.2, 0.25) is 0 Å². The predicted octanol–water partition coefficient (Wildman–Crippen LogP) is 5.25. The number of fused-ring (bicyclic) bond motifs is 1. The van der Waals surface area contributed by atoms with Crippen LogP contribution in [0.2, 0.25) is 0 Å². The molecule has 4 aromatic rings. The van der Waals surface area contributed by atoms with Crippen molar-refractivity contribution >= 4 is 10.9 Å². The minimum atomic E-state index is -0.356. The van der Waals surface area contributed by atoms with E-state index in [1.807, 2.05) is 17.7 Å². The van der Waals surface area contributed by atoms with Crippen LogP contribution < -0.4 is 5.56 Å². The van der Waals surface area contributed by atoms with E-state index in [1.165, 1.54) is 24.8 Å². The number of pyridine rings is 1. The number of nitrogens with one attached hydrogen (secondary N) is 1. The van der Waals surface area contributed by atoms with Crippen molar-refractivity contribution in [3.63, 3.8) is 0 Å². The number of aromatic nitrogens is 5. The van der Waals surface area contributed by atoms with Crippen LogP contribution in [0.5, 0.6) is 0 Å². The molecule has 7 heteroatoms. The zero-order valence-corrected chi connectivity index (χ0v) is 20.9. The molecule has 2 aromatic carbocycles. The van der Waals surface area contributed by atoms with E-state index >= 15 is 0 Å². The monoisotopic (exact) mass is 470 g/mol. The largest absolute Gasteiger partial charge is 0.321 e. The van der Waals surface area contributed by atoms with Crippen molar-refractivity contribution in [1.29, 1.82) is 0 Å². The Labute approximate surface area is 206 Å². The van der Waals surface area contributed by atoms with Crippen molar-refractivity contribution in [2.75, 3.05) is 6.54 Å². The molecule has 1 N–H and O–H groups in total. The minimum absolute atomic E-state index is 0.0825. The molecule has 2 heterocycles. The van der Waals surface area contributed by atoms with Gasteiger partial charge in [0.1, 0.15) is 6.04 Å². The van der Waals surface area contributed by atoms with Crippen molar-refractivity contribution < 1.29 is 0 Å². The number of aryl methyl sites for hydroxylation is 2. The number of aromatic amines is 1. The van der Waals surface area contributed by atoms with Crippen LogP contribution >= 0.6 is 0 Å². The predicted molar refractivity (Wildman–Crippen MR) is 138 cm³/mol. The molecular formula is C28H34N6O. The van der Waals surface area contributed by atoms with E-state index in [0.29, 0.717) is 12.1 Å². The van der Waals surface area contributed by atoms with Gasteiger partial charge in [0.15, 0.2) is 5.82 Å². The molecule has 0 saturated heterocycles. The highest BCUT2D eigenvalue weighted by molar-refractivity contribution is 5.85. The van der Waals surface area contributed by atoms with E-state index in [-0.39, 0.29) is 17.6 Å². The lowest BCUT2D eigenvalue weighted by atomic mass is 9.94. The Morgan fingerprint density at radius 1 is 1.06 bits per heavy atom. The van der Waals surface area contributed by atoms with Crippen LogP contribution in [0.15, 0.2) is 53.3 Å². The average Bonchev–Trinajstić information content (AvgIpc) is 3.37. The van der Waals surface area contributed by atoms with Gasteiger partial charge in [-0.3, -0.25) is 9.69 Å². The van der Waals surface area contributed by atoms with Crippen molar-refractivity contribution in [3.05, 3.63) is 87.0 Å². The summed E-state index contributed by atoms with van der Waals surface area (Å²) in [5, 5.41) is 14.2. The fourth-order valence-electron chi connectivity index (χ4n) is 5.46. The van der Waals surface area contributed by atoms with Gasteiger partial charge in [0, 0.05) is 17.5 Å². The minimum Gasteiger partial charge on any atom is -0.321 e. The first-order chi connectivity index (χ1) is 17.1. The van der Waals surface area contributed by atoms with Crippen molar-refractivity contribution in [1.82, 2.24) is 30.1 Å². The Kier molecular flexibility index (Phi) is 6.77. The lowest BCUT2D eigenvalue weighted by molar-refractivity contribution is 0.204. The molecule has 1 aliphatic carbocycles. The first kappa shape index (κ1) is 23.4. The average molecular weight is 471 g/mol. The highest BCUT2D eigenvalue weighted by Gasteiger charge is 2.32. The second kappa shape index (κ2) is 10.1. The van der Waals surface area contributed by atoms with Crippen LogP contribution in [0, 0.1) is 13.8 Å². The van der Waals surface area contributed by atoms with Crippen LogP contribution in [0.3, 0.4) is 0 Å². The Hall–Kier alpha value is -3.32. The number of hydrogen-bond acceptors (Lipinski definition) is 5. The van der Waals surface area contributed by atoms with Crippen LogP contribution in [0.1, 0.15) is 79.2 Å². The lowest BCUT2D eigenvalue weighted by Crippen LogP contribution is -2.35. The van der Waals surface area contributed by atoms with Gasteiger partial charge < -0.3 is 4.98 Å². The SMILES string of the molecule is CCN(Cc1ccccc1)[C@H](c1cc2c(C)ccc(C)c2[nH]c1=O)c1nnnn1C1CCCCC1. The van der Waals surface area contributed by atoms with Crippen molar-refractivity contribution in [3.8, 4) is 0 Å². The smallest absolute Gasteiger partial charge is 0.253 e. The summed E-state index contributed by atoms with van der Waals surface area (Å²) in [4.78, 5) is 19.1. The summed E-state index contributed by atoms with van der Waals surface area (Å²) < 4.78 is 2.00. The molecule has 1 aliphatic rings. The number of benzene rings is 2. The highest BCUT2D eigenvalue weighted by atomic mass is 16.1. The molecule has 0 radical (unpaired) electrons. The molecule has 1 atom stereocenters. The quantitative estimate of drug-likeness (QED) is 0.399. The maximum absolute atomic E-state index is 13.6. The van der Waals surface area contributed by atoms with Gasteiger partial charge in [0.25, 0.3) is 5.56 Å². The van der Waals surface area contributed by atoms with Gasteiger partial charge in [0.05, 0.1) is 11.6 Å². The third-order valence-corrected chi connectivity index (χ3v) is 7.45. The molecule has 1 saturated carbocycles. The highest BCUT2D eigenvalue weighted by Crippen LogP contribution is 2.34. The van der Waals surface area contributed by atoms with Gasteiger partial charge in [-0.2, -0.15) is 0 Å². The molecule has 0 bridgehead atoms. The fraction of sp³-hybridized carbons (Fsp3) is 0.429. The molecule has 7 nitrogen and oxygen atoms in total. The lowest BCUT2D eigenvalue weighted by Gasteiger charge is -2.32. The van der Waals surface area contributed by atoms with Crippen LogP contribution in [-0.4, -0.2) is 36.6 Å². The van der Waals surface area contributed by atoms with Crippen LogP contribution in [0.4, 0.5) is 0 Å². The summed E-state index contributed by atoms with van der Waals surface area (Å²) in [6.45, 7) is 7.71. The first-order valence-corrected chi connectivity index (χ1v) is 12.8. The Balaban J connectivity index is 1.68.